The van der Waals surface area contributed by atoms with E-state index in [1.165, 1.54) is 43.4 Å². The Hall–Kier alpha value is -0.160. The second-order valence-electron chi connectivity index (χ2n) is 4.37. The molecule has 1 heterocycles. The lowest BCUT2D eigenvalue weighted by molar-refractivity contribution is 0.0302. The maximum Gasteiger partial charge on any atom is 0.113 e. The van der Waals surface area contributed by atoms with Gasteiger partial charge in [0, 0.05) is 13.1 Å². The lowest BCUT2D eigenvalue weighted by atomic mass is 9.98. The summed E-state index contributed by atoms with van der Waals surface area (Å²) in [7, 11) is 0. The Morgan fingerprint density at radius 1 is 1.41 bits per heavy atom. The van der Waals surface area contributed by atoms with E-state index in [-0.39, 0.29) is 0 Å². The molecule has 0 saturated heterocycles. The zero-order chi connectivity index (χ0) is 11.9. The van der Waals surface area contributed by atoms with Crippen LogP contribution in [0, 0.1) is 0 Å². The van der Waals surface area contributed by atoms with E-state index >= 15 is 0 Å². The molecule has 1 aliphatic carbocycles. The van der Waals surface area contributed by atoms with Gasteiger partial charge in [-0.25, -0.2) is 4.98 Å². The van der Waals surface area contributed by atoms with Crippen LogP contribution in [0.2, 0.25) is 4.34 Å². The van der Waals surface area contributed by atoms with E-state index < -0.39 is 0 Å². The number of hydrogen-bond donors (Lipinski definition) is 1. The Balaban J connectivity index is 1.51. The summed E-state index contributed by atoms with van der Waals surface area (Å²) in [5, 5.41) is 4.35. The molecule has 1 aliphatic rings. The minimum absolute atomic E-state index is 0.500. The fraction of sp³-hybridized carbons (Fsp3) is 0.750. The van der Waals surface area contributed by atoms with E-state index in [0.717, 1.165) is 29.0 Å². The summed E-state index contributed by atoms with van der Waals surface area (Å²) >= 11 is 7.33. The molecule has 0 aliphatic heterocycles. The second kappa shape index (κ2) is 7.31. The molecule has 0 bridgehead atoms. The van der Waals surface area contributed by atoms with E-state index in [0.29, 0.717) is 6.10 Å². The van der Waals surface area contributed by atoms with E-state index in [9.17, 15) is 0 Å². The third-order valence-corrected chi connectivity index (χ3v) is 4.10. The first-order valence-electron chi connectivity index (χ1n) is 6.27. The van der Waals surface area contributed by atoms with Crippen LogP contribution in [0.5, 0.6) is 0 Å². The van der Waals surface area contributed by atoms with Gasteiger partial charge in [0.2, 0.25) is 0 Å². The minimum atomic E-state index is 0.500. The molecule has 2 rings (SSSR count). The van der Waals surface area contributed by atoms with Crippen molar-refractivity contribution >= 4 is 22.9 Å². The summed E-state index contributed by atoms with van der Waals surface area (Å²) in [4.78, 5) is 4.19. The molecule has 1 saturated carbocycles. The van der Waals surface area contributed by atoms with Gasteiger partial charge in [0.25, 0.3) is 0 Å². The number of nitrogens with zero attached hydrogens (tertiary/aromatic N) is 1. The highest BCUT2D eigenvalue weighted by Gasteiger charge is 2.12. The zero-order valence-electron chi connectivity index (χ0n) is 9.95. The molecule has 0 amide bonds. The highest BCUT2D eigenvalue weighted by atomic mass is 35.5. The Labute approximate surface area is 112 Å². The number of hydrogen-bond acceptors (Lipinski definition) is 4. The molecule has 0 atom stereocenters. The van der Waals surface area contributed by atoms with Crippen LogP contribution in [-0.4, -0.2) is 24.2 Å². The highest BCUT2D eigenvalue weighted by molar-refractivity contribution is 7.15. The van der Waals surface area contributed by atoms with Crippen molar-refractivity contribution in [3.05, 3.63) is 15.5 Å². The van der Waals surface area contributed by atoms with Crippen LogP contribution >= 0.6 is 22.9 Å². The molecule has 0 spiro atoms. The van der Waals surface area contributed by atoms with Gasteiger partial charge in [-0.05, 0) is 12.8 Å². The Morgan fingerprint density at radius 2 is 2.24 bits per heavy atom. The summed E-state index contributed by atoms with van der Waals surface area (Å²) in [6.45, 7) is 2.46. The summed E-state index contributed by atoms with van der Waals surface area (Å²) in [6, 6.07) is 0. The van der Waals surface area contributed by atoms with Gasteiger partial charge >= 0.3 is 0 Å². The van der Waals surface area contributed by atoms with Gasteiger partial charge in [0.05, 0.1) is 18.9 Å². The van der Waals surface area contributed by atoms with Crippen molar-refractivity contribution in [3.63, 3.8) is 0 Å². The van der Waals surface area contributed by atoms with Crippen LogP contribution in [0.1, 0.15) is 37.1 Å². The molecule has 0 unspecified atom stereocenters. The van der Waals surface area contributed by atoms with Crippen molar-refractivity contribution in [2.45, 2.75) is 44.8 Å². The molecule has 0 radical (unpaired) electrons. The number of thiazole rings is 1. The van der Waals surface area contributed by atoms with Crippen molar-refractivity contribution in [1.82, 2.24) is 10.3 Å². The number of nitrogens with one attached hydrogen (secondary N) is 1. The average Bonchev–Trinajstić information content (AvgIpc) is 2.76. The molecule has 96 valence electrons. The zero-order valence-corrected chi connectivity index (χ0v) is 11.5. The number of halogens is 1. The maximum absolute atomic E-state index is 5.82. The fourth-order valence-corrected chi connectivity index (χ4v) is 3.02. The highest BCUT2D eigenvalue weighted by Crippen LogP contribution is 2.20. The van der Waals surface area contributed by atoms with Gasteiger partial charge in [-0.1, -0.05) is 30.9 Å². The summed E-state index contributed by atoms with van der Waals surface area (Å²) < 4.78 is 6.57. The van der Waals surface area contributed by atoms with E-state index in [2.05, 4.69) is 10.3 Å². The van der Waals surface area contributed by atoms with Crippen molar-refractivity contribution in [3.8, 4) is 0 Å². The Kier molecular flexibility index (Phi) is 5.71. The van der Waals surface area contributed by atoms with Crippen molar-refractivity contribution in [1.29, 1.82) is 0 Å². The Morgan fingerprint density at radius 3 is 2.94 bits per heavy atom. The summed E-state index contributed by atoms with van der Waals surface area (Å²) in [5.74, 6) is 0. The summed E-state index contributed by atoms with van der Waals surface area (Å²) in [5.41, 5.74) is 0. The smallest absolute Gasteiger partial charge is 0.113 e. The second-order valence-corrected chi connectivity index (χ2v) is 6.11. The van der Waals surface area contributed by atoms with Gasteiger partial charge in [-0.15, -0.1) is 11.3 Å². The third-order valence-electron chi connectivity index (χ3n) is 2.99. The lowest BCUT2D eigenvalue weighted by Crippen LogP contribution is -2.24. The van der Waals surface area contributed by atoms with Gasteiger partial charge in [-0.2, -0.15) is 0 Å². The van der Waals surface area contributed by atoms with E-state index in [1.54, 1.807) is 6.20 Å². The lowest BCUT2D eigenvalue weighted by Gasteiger charge is -2.21. The number of aromatic nitrogens is 1. The normalized spacial score (nSPS) is 17.5. The van der Waals surface area contributed by atoms with Crippen LogP contribution in [0.15, 0.2) is 6.20 Å². The topological polar surface area (TPSA) is 34.2 Å². The molecular formula is C12H19ClN2OS. The Bertz CT molecular complexity index is 326. The molecule has 17 heavy (non-hydrogen) atoms. The maximum atomic E-state index is 5.82. The predicted molar refractivity (Wildman–Crippen MR) is 71.7 cm³/mol. The molecule has 3 nitrogen and oxygen atoms in total. The third kappa shape index (κ3) is 4.92. The van der Waals surface area contributed by atoms with Crippen LogP contribution in [0.3, 0.4) is 0 Å². The van der Waals surface area contributed by atoms with E-state index in [1.807, 2.05) is 0 Å². The molecular weight excluding hydrogens is 256 g/mol. The molecule has 1 aromatic heterocycles. The fourth-order valence-electron chi connectivity index (χ4n) is 2.09. The first-order valence-corrected chi connectivity index (χ1v) is 7.46. The SMILES string of the molecule is Clc1cnc(CNCCOC2CCCCC2)s1. The molecule has 1 N–H and O–H groups in total. The molecule has 0 aromatic carbocycles. The van der Waals surface area contributed by atoms with Crippen LogP contribution < -0.4 is 5.32 Å². The molecule has 1 fully saturated rings. The van der Waals surface area contributed by atoms with Gasteiger partial charge in [-0.3, -0.25) is 0 Å². The van der Waals surface area contributed by atoms with Crippen molar-refractivity contribution in [2.75, 3.05) is 13.2 Å². The monoisotopic (exact) mass is 274 g/mol. The first kappa shape index (κ1) is 13.3. The number of rotatable bonds is 6. The largest absolute Gasteiger partial charge is 0.377 e. The van der Waals surface area contributed by atoms with Gasteiger partial charge in [0.1, 0.15) is 9.34 Å². The summed E-state index contributed by atoms with van der Waals surface area (Å²) in [6.07, 6.45) is 8.71. The van der Waals surface area contributed by atoms with Crippen LogP contribution in [0.4, 0.5) is 0 Å². The van der Waals surface area contributed by atoms with Gasteiger partial charge < -0.3 is 10.1 Å². The molecule has 5 heteroatoms. The minimum Gasteiger partial charge on any atom is -0.377 e. The van der Waals surface area contributed by atoms with E-state index in [4.69, 9.17) is 16.3 Å². The van der Waals surface area contributed by atoms with Crippen molar-refractivity contribution in [2.24, 2.45) is 0 Å². The predicted octanol–water partition coefficient (Wildman–Crippen LogP) is 3.24. The van der Waals surface area contributed by atoms with Crippen LogP contribution in [0.25, 0.3) is 0 Å². The quantitative estimate of drug-likeness (QED) is 0.809. The number of ether oxygens (including phenoxy) is 1. The van der Waals surface area contributed by atoms with Crippen LogP contribution in [-0.2, 0) is 11.3 Å². The first-order chi connectivity index (χ1) is 8.34. The van der Waals surface area contributed by atoms with Crippen molar-refractivity contribution < 1.29 is 4.74 Å². The molecule has 1 aromatic rings. The van der Waals surface area contributed by atoms with Gasteiger partial charge in [0.15, 0.2) is 0 Å². The average molecular weight is 275 g/mol. The standard InChI is InChI=1S/C12H19ClN2OS/c13-11-8-15-12(17-11)9-14-6-7-16-10-4-2-1-3-5-10/h8,10,14H,1-7,9H2.